The molecule has 0 aliphatic rings. The fourth-order valence-electron chi connectivity index (χ4n) is 1.71. The average Bonchev–Trinajstić information content (AvgIpc) is 2.46. The highest BCUT2D eigenvalue weighted by Gasteiger charge is 1.96. The van der Waals surface area contributed by atoms with Gasteiger partial charge in [0, 0.05) is 16.7 Å². The van der Waals surface area contributed by atoms with Crippen molar-refractivity contribution in [1.82, 2.24) is 0 Å². The van der Waals surface area contributed by atoms with Crippen LogP contribution < -0.4 is 10.1 Å². The van der Waals surface area contributed by atoms with Crippen LogP contribution in [-0.2, 0) is 0 Å². The third-order valence-electron chi connectivity index (χ3n) is 2.71. The van der Waals surface area contributed by atoms with Crippen molar-refractivity contribution < 1.29 is 4.74 Å². The van der Waals surface area contributed by atoms with Crippen LogP contribution in [0, 0.1) is 0 Å². The van der Waals surface area contributed by atoms with E-state index < -0.39 is 0 Å². The molecule has 0 atom stereocenters. The maximum absolute atomic E-state index is 5.66. The van der Waals surface area contributed by atoms with E-state index in [0.717, 1.165) is 41.9 Å². The van der Waals surface area contributed by atoms with Gasteiger partial charge in [-0.25, -0.2) is 0 Å². The fourth-order valence-corrected chi connectivity index (χ4v) is 2.11. The zero-order chi connectivity index (χ0) is 13.3. The maximum atomic E-state index is 5.66. The Hall–Kier alpha value is -1.48. The van der Waals surface area contributed by atoms with E-state index in [-0.39, 0.29) is 0 Å². The van der Waals surface area contributed by atoms with Crippen LogP contribution in [0.4, 0.5) is 11.4 Å². The first-order chi connectivity index (χ1) is 9.38. The number of unbranched alkanes of at least 4 members (excludes halogenated alkanes) is 1. The van der Waals surface area contributed by atoms with Crippen LogP contribution in [0.2, 0.25) is 0 Å². The smallest absolute Gasteiger partial charge is 0.119 e. The van der Waals surface area contributed by atoms with Crippen LogP contribution in [0.5, 0.6) is 5.75 Å². The van der Waals surface area contributed by atoms with Gasteiger partial charge < -0.3 is 10.1 Å². The summed E-state index contributed by atoms with van der Waals surface area (Å²) in [6.07, 6.45) is 2.23. The summed E-state index contributed by atoms with van der Waals surface area (Å²) in [5.74, 6) is 0.924. The highest BCUT2D eigenvalue weighted by molar-refractivity contribution is 9.09. The summed E-state index contributed by atoms with van der Waals surface area (Å²) in [5.41, 5.74) is 2.16. The molecule has 0 unspecified atom stereocenters. The largest absolute Gasteiger partial charge is 0.494 e. The molecule has 2 aromatic rings. The second-order valence-electron chi connectivity index (χ2n) is 4.26. The molecule has 1 N–H and O–H groups in total. The molecule has 3 heteroatoms. The highest BCUT2D eigenvalue weighted by atomic mass is 79.9. The second-order valence-corrected chi connectivity index (χ2v) is 5.05. The third-order valence-corrected chi connectivity index (χ3v) is 3.27. The molecule has 2 nitrogen and oxygen atoms in total. The van der Waals surface area contributed by atoms with Crippen LogP contribution in [0.1, 0.15) is 12.8 Å². The summed E-state index contributed by atoms with van der Waals surface area (Å²) in [4.78, 5) is 0. The van der Waals surface area contributed by atoms with E-state index >= 15 is 0 Å². The van der Waals surface area contributed by atoms with E-state index in [1.54, 1.807) is 0 Å². The van der Waals surface area contributed by atoms with Gasteiger partial charge in [0.05, 0.1) is 6.61 Å². The molecule has 0 aliphatic heterocycles. The van der Waals surface area contributed by atoms with Crippen LogP contribution in [0.25, 0.3) is 0 Å². The lowest BCUT2D eigenvalue weighted by molar-refractivity contribution is 0.310. The number of benzene rings is 2. The predicted octanol–water partition coefficient (Wildman–Crippen LogP) is 4.98. The number of rotatable bonds is 7. The summed E-state index contributed by atoms with van der Waals surface area (Å²) >= 11 is 3.41. The molecular formula is C16H18BrNO. The van der Waals surface area contributed by atoms with Crippen LogP contribution in [-0.4, -0.2) is 11.9 Å². The molecule has 0 heterocycles. The lowest BCUT2D eigenvalue weighted by Gasteiger charge is -2.08. The van der Waals surface area contributed by atoms with Crippen molar-refractivity contribution in [3.63, 3.8) is 0 Å². The van der Waals surface area contributed by atoms with Gasteiger partial charge in [0.25, 0.3) is 0 Å². The number of alkyl halides is 1. The molecule has 2 aromatic carbocycles. The average molecular weight is 320 g/mol. The Morgan fingerprint density at radius 3 is 2.21 bits per heavy atom. The van der Waals surface area contributed by atoms with Crippen molar-refractivity contribution in [3.8, 4) is 5.75 Å². The molecule has 0 fully saturated rings. The Morgan fingerprint density at radius 1 is 0.842 bits per heavy atom. The Kier molecular flexibility index (Phi) is 5.76. The molecule has 2 rings (SSSR count). The van der Waals surface area contributed by atoms with Gasteiger partial charge in [0.1, 0.15) is 5.75 Å². The summed E-state index contributed by atoms with van der Waals surface area (Å²) < 4.78 is 5.66. The zero-order valence-corrected chi connectivity index (χ0v) is 12.4. The van der Waals surface area contributed by atoms with E-state index in [2.05, 4.69) is 21.2 Å². The second kappa shape index (κ2) is 7.85. The molecule has 100 valence electrons. The van der Waals surface area contributed by atoms with Gasteiger partial charge in [-0.2, -0.15) is 0 Å². The summed E-state index contributed by atoms with van der Waals surface area (Å²) in [7, 11) is 0. The van der Waals surface area contributed by atoms with Gasteiger partial charge in [-0.15, -0.1) is 0 Å². The van der Waals surface area contributed by atoms with Crippen molar-refractivity contribution in [2.45, 2.75) is 12.8 Å². The number of nitrogens with one attached hydrogen (secondary N) is 1. The highest BCUT2D eigenvalue weighted by Crippen LogP contribution is 2.19. The van der Waals surface area contributed by atoms with E-state index in [1.165, 1.54) is 0 Å². The monoisotopic (exact) mass is 319 g/mol. The Balaban J connectivity index is 1.84. The number of anilines is 2. The van der Waals surface area contributed by atoms with Gasteiger partial charge in [0.15, 0.2) is 0 Å². The fraction of sp³-hybridized carbons (Fsp3) is 0.250. The number of ether oxygens (including phenoxy) is 1. The van der Waals surface area contributed by atoms with Crippen molar-refractivity contribution in [2.75, 3.05) is 17.3 Å². The lowest BCUT2D eigenvalue weighted by Crippen LogP contribution is -1.97. The maximum Gasteiger partial charge on any atom is 0.119 e. The summed E-state index contributed by atoms with van der Waals surface area (Å²) in [6, 6.07) is 18.2. The normalized spacial score (nSPS) is 10.2. The first-order valence-electron chi connectivity index (χ1n) is 6.49. The number of hydrogen-bond donors (Lipinski definition) is 1. The van der Waals surface area contributed by atoms with Crippen LogP contribution in [0.3, 0.4) is 0 Å². The minimum absolute atomic E-state index is 0.775. The molecule has 0 spiro atoms. The van der Waals surface area contributed by atoms with Crippen LogP contribution in [0.15, 0.2) is 54.6 Å². The topological polar surface area (TPSA) is 21.3 Å². The molecule has 0 bridgehead atoms. The number of para-hydroxylation sites is 1. The molecule has 0 aliphatic carbocycles. The molecule has 0 saturated heterocycles. The SMILES string of the molecule is BrCCCCOc1ccc(Nc2ccccc2)cc1. The number of hydrogen-bond acceptors (Lipinski definition) is 2. The number of halogens is 1. The third kappa shape index (κ3) is 4.95. The molecule has 19 heavy (non-hydrogen) atoms. The quantitative estimate of drug-likeness (QED) is 0.573. The summed E-state index contributed by atoms with van der Waals surface area (Å²) in [5, 5.41) is 4.38. The minimum atomic E-state index is 0.775. The van der Waals surface area contributed by atoms with Crippen molar-refractivity contribution in [1.29, 1.82) is 0 Å². The summed E-state index contributed by atoms with van der Waals surface area (Å²) in [6.45, 7) is 0.775. The predicted molar refractivity (Wildman–Crippen MR) is 84.7 cm³/mol. The minimum Gasteiger partial charge on any atom is -0.494 e. The first-order valence-corrected chi connectivity index (χ1v) is 7.61. The van der Waals surface area contributed by atoms with Gasteiger partial charge in [-0.05, 0) is 49.2 Å². The van der Waals surface area contributed by atoms with Gasteiger partial charge in [0.2, 0.25) is 0 Å². The van der Waals surface area contributed by atoms with E-state index in [4.69, 9.17) is 4.74 Å². The standard InChI is InChI=1S/C16H18BrNO/c17-12-4-5-13-19-16-10-8-15(9-11-16)18-14-6-2-1-3-7-14/h1-3,6-11,18H,4-5,12-13H2. The lowest BCUT2D eigenvalue weighted by atomic mass is 10.2. The Bertz CT molecular complexity index is 470. The van der Waals surface area contributed by atoms with E-state index in [1.807, 2.05) is 54.6 Å². The molecule has 0 amide bonds. The van der Waals surface area contributed by atoms with Crippen molar-refractivity contribution >= 4 is 27.3 Å². The zero-order valence-electron chi connectivity index (χ0n) is 10.8. The van der Waals surface area contributed by atoms with Crippen LogP contribution >= 0.6 is 15.9 Å². The van der Waals surface area contributed by atoms with Crippen molar-refractivity contribution in [3.05, 3.63) is 54.6 Å². The van der Waals surface area contributed by atoms with Gasteiger partial charge >= 0.3 is 0 Å². The molecular weight excluding hydrogens is 302 g/mol. The first kappa shape index (κ1) is 13.9. The molecule has 0 radical (unpaired) electrons. The Labute approximate surface area is 122 Å². The van der Waals surface area contributed by atoms with Gasteiger partial charge in [-0.3, -0.25) is 0 Å². The molecule has 0 saturated carbocycles. The van der Waals surface area contributed by atoms with Crippen molar-refractivity contribution in [2.24, 2.45) is 0 Å². The van der Waals surface area contributed by atoms with E-state index in [9.17, 15) is 0 Å². The van der Waals surface area contributed by atoms with Gasteiger partial charge in [-0.1, -0.05) is 34.1 Å². The molecule has 0 aromatic heterocycles. The Morgan fingerprint density at radius 2 is 1.53 bits per heavy atom. The van der Waals surface area contributed by atoms with E-state index in [0.29, 0.717) is 0 Å².